The molecule has 0 bridgehead atoms. The average molecular weight is 699 g/mol. The van der Waals surface area contributed by atoms with Gasteiger partial charge in [0, 0.05) is 36.6 Å². The number of esters is 2. The maximum Gasteiger partial charge on any atom is 0.360 e. The van der Waals surface area contributed by atoms with E-state index in [4.69, 9.17) is 15.2 Å². The van der Waals surface area contributed by atoms with Crippen molar-refractivity contribution in [2.45, 2.75) is 60.2 Å². The number of nitrogens with zero attached hydrogens (tertiary/aromatic N) is 2. The number of Topliss-reactive ketones (excluding diaryl/α,β-unsaturated/α-hetero) is 1. The number of aromatic nitrogens is 1. The van der Waals surface area contributed by atoms with Gasteiger partial charge in [-0.2, -0.15) is 4.99 Å². The van der Waals surface area contributed by atoms with Crippen molar-refractivity contribution in [3.8, 4) is 11.1 Å². The summed E-state index contributed by atoms with van der Waals surface area (Å²) in [5.74, 6) is -1.57. The molecule has 3 aromatic rings. The quantitative estimate of drug-likeness (QED) is 0.0620. The minimum Gasteiger partial charge on any atom is -0.425 e. The number of ketones is 1. The highest BCUT2D eigenvalue weighted by molar-refractivity contribution is 8.13. The van der Waals surface area contributed by atoms with E-state index < -0.39 is 30.1 Å². The second-order valence-corrected chi connectivity index (χ2v) is 13.5. The van der Waals surface area contributed by atoms with E-state index in [-0.39, 0.29) is 40.2 Å². The molecule has 2 aromatic carbocycles. The summed E-state index contributed by atoms with van der Waals surface area (Å²) in [7, 11) is 0. The van der Waals surface area contributed by atoms with Crippen molar-refractivity contribution >= 4 is 52.5 Å². The van der Waals surface area contributed by atoms with E-state index in [0.29, 0.717) is 46.0 Å². The van der Waals surface area contributed by atoms with Crippen LogP contribution in [0.25, 0.3) is 17.2 Å². The number of hydrogen-bond donors (Lipinski definition) is 2. The predicted octanol–water partition coefficient (Wildman–Crippen LogP) is 6.55. The molecule has 12 heteroatoms. The van der Waals surface area contributed by atoms with Crippen molar-refractivity contribution in [3.05, 3.63) is 94.3 Å². The molecule has 1 atom stereocenters. The normalized spacial score (nSPS) is 13.4. The van der Waals surface area contributed by atoms with E-state index in [1.165, 1.54) is 13.0 Å². The number of hydrogen-bond acceptors (Lipinski definition) is 9. The Balaban J connectivity index is 1.72. The van der Waals surface area contributed by atoms with Gasteiger partial charge in [0.05, 0.1) is 5.92 Å². The largest absolute Gasteiger partial charge is 0.425 e. The Labute approximate surface area is 296 Å². The minimum atomic E-state index is -1.24. The highest BCUT2D eigenvalue weighted by Crippen LogP contribution is 2.32. The summed E-state index contributed by atoms with van der Waals surface area (Å²) in [6.07, 6.45) is 2.47. The molecule has 0 spiro atoms. The lowest BCUT2D eigenvalue weighted by atomic mass is 9.89. The van der Waals surface area contributed by atoms with Crippen LogP contribution in [0.2, 0.25) is 0 Å². The van der Waals surface area contributed by atoms with Crippen LogP contribution in [0, 0.1) is 18.8 Å². The van der Waals surface area contributed by atoms with Gasteiger partial charge in [0.1, 0.15) is 11.5 Å². The molecule has 0 aliphatic heterocycles. The van der Waals surface area contributed by atoms with Crippen molar-refractivity contribution in [3.63, 3.8) is 0 Å². The van der Waals surface area contributed by atoms with Crippen LogP contribution in [0.15, 0.2) is 60.1 Å². The third-order valence-electron chi connectivity index (χ3n) is 7.91. The Morgan fingerprint density at radius 2 is 1.74 bits per heavy atom. The number of carbonyl (C=O) groups excluding carboxylic acids is 5. The monoisotopic (exact) mass is 698 g/mol. The number of benzene rings is 2. The first-order valence-electron chi connectivity index (χ1n) is 16.4. The summed E-state index contributed by atoms with van der Waals surface area (Å²) in [5.41, 5.74) is 9.46. The SMILES string of the molecule is C=Cc1cc(C(=O)Cc2ccc(C(N)=NC(=O)SCC)cc2)c(-c2ccc(C(=O)NCC3CC3)nc2C(=O)OC(C)OC(=O)C(C)C)cc1C. The molecular weight excluding hydrogens is 657 g/mol. The van der Waals surface area contributed by atoms with Gasteiger partial charge in [0.2, 0.25) is 6.29 Å². The predicted molar refractivity (Wildman–Crippen MR) is 194 cm³/mol. The van der Waals surface area contributed by atoms with Crippen LogP contribution >= 0.6 is 11.8 Å². The van der Waals surface area contributed by atoms with E-state index >= 15 is 0 Å². The lowest BCUT2D eigenvalue weighted by Crippen LogP contribution is -2.28. The molecule has 0 saturated heterocycles. The second-order valence-electron chi connectivity index (χ2n) is 12.3. The van der Waals surface area contributed by atoms with Crippen molar-refractivity contribution < 1.29 is 33.4 Å². The number of ether oxygens (including phenoxy) is 2. The zero-order chi connectivity index (χ0) is 36.5. The fourth-order valence-electron chi connectivity index (χ4n) is 4.93. The summed E-state index contributed by atoms with van der Waals surface area (Å²) >= 11 is 1.05. The molecule has 0 radical (unpaired) electrons. The first-order chi connectivity index (χ1) is 23.8. The van der Waals surface area contributed by atoms with Gasteiger partial charge >= 0.3 is 17.2 Å². The number of amides is 2. The van der Waals surface area contributed by atoms with Gasteiger partial charge in [-0.15, -0.1) is 0 Å². The molecule has 1 aliphatic carbocycles. The van der Waals surface area contributed by atoms with Crippen LogP contribution in [0.4, 0.5) is 4.79 Å². The first kappa shape index (κ1) is 37.7. The number of carbonyl (C=O) groups is 5. The average Bonchev–Trinajstić information content (AvgIpc) is 3.91. The maximum atomic E-state index is 14.0. The molecule has 1 aliphatic rings. The number of amidine groups is 1. The van der Waals surface area contributed by atoms with Crippen LogP contribution in [0.5, 0.6) is 0 Å². The summed E-state index contributed by atoms with van der Waals surface area (Å²) in [6, 6.07) is 13.4. The Bertz CT molecular complexity index is 1830. The smallest absolute Gasteiger partial charge is 0.360 e. The Kier molecular flexibility index (Phi) is 12.8. The molecule has 1 saturated carbocycles. The Morgan fingerprint density at radius 1 is 1.04 bits per heavy atom. The van der Waals surface area contributed by atoms with E-state index in [1.807, 2.05) is 13.8 Å². The third kappa shape index (κ3) is 9.97. The van der Waals surface area contributed by atoms with Crippen LogP contribution in [-0.4, -0.2) is 58.3 Å². The number of thioether (sulfide) groups is 1. The molecular formula is C38H42N4O7S. The number of nitrogens with one attached hydrogen (secondary N) is 1. The number of nitrogens with two attached hydrogens (primary N) is 1. The lowest BCUT2D eigenvalue weighted by Gasteiger charge is -2.18. The molecule has 50 heavy (non-hydrogen) atoms. The van der Waals surface area contributed by atoms with Gasteiger partial charge in [-0.25, -0.2) is 9.78 Å². The van der Waals surface area contributed by atoms with E-state index in [2.05, 4.69) is 21.9 Å². The molecule has 11 nitrogen and oxygen atoms in total. The summed E-state index contributed by atoms with van der Waals surface area (Å²) in [4.78, 5) is 73.1. The summed E-state index contributed by atoms with van der Waals surface area (Å²) in [6.45, 7) is 12.8. The minimum absolute atomic E-state index is 0.00150. The van der Waals surface area contributed by atoms with Crippen LogP contribution in [0.1, 0.15) is 94.1 Å². The number of aliphatic imine (C=N–C) groups is 1. The van der Waals surface area contributed by atoms with Gasteiger partial charge in [-0.3, -0.25) is 19.2 Å². The fourth-order valence-corrected chi connectivity index (χ4v) is 5.34. The van der Waals surface area contributed by atoms with Crippen LogP contribution in [-0.2, 0) is 20.7 Å². The molecule has 3 N–H and O–H groups in total. The van der Waals surface area contributed by atoms with Crippen molar-refractivity contribution in [2.24, 2.45) is 22.6 Å². The van der Waals surface area contributed by atoms with Crippen molar-refractivity contribution in [1.82, 2.24) is 10.3 Å². The van der Waals surface area contributed by atoms with E-state index in [9.17, 15) is 24.0 Å². The molecule has 2 amide bonds. The summed E-state index contributed by atoms with van der Waals surface area (Å²) < 4.78 is 10.7. The number of rotatable bonds is 14. The zero-order valence-corrected chi connectivity index (χ0v) is 29.7. The van der Waals surface area contributed by atoms with Gasteiger partial charge in [0.15, 0.2) is 11.5 Å². The number of pyridine rings is 1. The van der Waals surface area contributed by atoms with Gasteiger partial charge in [-0.05, 0) is 71.9 Å². The molecule has 1 unspecified atom stereocenters. The third-order valence-corrected chi connectivity index (χ3v) is 8.53. The van der Waals surface area contributed by atoms with Crippen molar-refractivity contribution in [2.75, 3.05) is 12.3 Å². The van der Waals surface area contributed by atoms with Gasteiger partial charge < -0.3 is 20.5 Å². The Hall–Kier alpha value is -5.10. The molecule has 1 aromatic heterocycles. The topological polar surface area (TPSA) is 167 Å². The molecule has 262 valence electrons. The van der Waals surface area contributed by atoms with E-state index in [1.54, 1.807) is 62.4 Å². The highest BCUT2D eigenvalue weighted by Gasteiger charge is 2.27. The second kappa shape index (κ2) is 17.0. The van der Waals surface area contributed by atoms with Crippen LogP contribution in [0.3, 0.4) is 0 Å². The van der Waals surface area contributed by atoms with Crippen LogP contribution < -0.4 is 11.1 Å². The van der Waals surface area contributed by atoms with E-state index in [0.717, 1.165) is 30.2 Å². The lowest BCUT2D eigenvalue weighted by molar-refractivity contribution is -0.169. The maximum absolute atomic E-state index is 14.0. The molecule has 1 fully saturated rings. The standard InChI is InChI=1S/C38H42N4O7S/c1-7-26-19-30(32(43)18-24-11-13-27(14-12-24)34(39)42-38(47)50-8-2)29(17-22(26)5)28-15-16-31(35(44)40-20-25-9-10-25)41-33(28)37(46)49-23(6)48-36(45)21(3)4/h7,11-17,19,21,23,25H,1,8-10,18,20H2,2-6H3,(H,40,44)(H2,39,42,47). The molecule has 4 rings (SSSR count). The number of aryl methyl sites for hydroxylation is 1. The fraction of sp³-hybridized carbons (Fsp3) is 0.342. The van der Waals surface area contributed by atoms with Gasteiger partial charge in [0.25, 0.3) is 5.91 Å². The van der Waals surface area contributed by atoms with Crippen molar-refractivity contribution in [1.29, 1.82) is 0 Å². The van der Waals surface area contributed by atoms with Gasteiger partial charge in [-0.1, -0.05) is 75.5 Å². The molecule has 1 heterocycles. The summed E-state index contributed by atoms with van der Waals surface area (Å²) in [5, 5.41) is 2.47. The Morgan fingerprint density at radius 3 is 2.36 bits per heavy atom. The highest BCUT2D eigenvalue weighted by atomic mass is 32.2. The first-order valence-corrected chi connectivity index (χ1v) is 17.4. The zero-order valence-electron chi connectivity index (χ0n) is 28.9.